The van der Waals surface area contributed by atoms with Gasteiger partial charge in [-0.05, 0) is 19.4 Å². The zero-order chi connectivity index (χ0) is 5.33. The van der Waals surface area contributed by atoms with E-state index >= 15 is 0 Å². The first kappa shape index (κ1) is 5.03. The van der Waals surface area contributed by atoms with Crippen LogP contribution >= 0.6 is 0 Å². The fourth-order valence-corrected chi connectivity index (χ4v) is 0.790. The summed E-state index contributed by atoms with van der Waals surface area (Å²) in [5.41, 5.74) is 10.9. The second-order valence-electron chi connectivity index (χ2n) is 2.07. The van der Waals surface area contributed by atoms with Gasteiger partial charge in [0.25, 0.3) is 0 Å². The molecule has 0 atom stereocenters. The fraction of sp³-hybridized carbons (Fsp3) is 1.00. The fourth-order valence-electron chi connectivity index (χ4n) is 0.790. The van der Waals surface area contributed by atoms with Crippen molar-refractivity contribution in [3.8, 4) is 0 Å². The first-order valence-electron chi connectivity index (χ1n) is 2.53. The van der Waals surface area contributed by atoms with Gasteiger partial charge in [-0.15, -0.1) is 0 Å². The van der Waals surface area contributed by atoms with Gasteiger partial charge >= 0.3 is 0 Å². The highest BCUT2D eigenvalue weighted by Gasteiger charge is 2.22. The molecule has 5 N–H and O–H groups in total. The highest BCUT2D eigenvalue weighted by molar-refractivity contribution is 4.79. The van der Waals surface area contributed by atoms with Crippen LogP contribution < -0.4 is 16.8 Å². The minimum Gasteiger partial charge on any atom is -0.301 e. The summed E-state index contributed by atoms with van der Waals surface area (Å²) in [6, 6.07) is 0. The van der Waals surface area contributed by atoms with E-state index in [1.54, 1.807) is 0 Å². The van der Waals surface area contributed by atoms with Crippen molar-refractivity contribution < 1.29 is 0 Å². The van der Waals surface area contributed by atoms with E-state index in [9.17, 15) is 0 Å². The lowest BCUT2D eigenvalue weighted by molar-refractivity contribution is 0.408. The zero-order valence-corrected chi connectivity index (χ0v) is 4.28. The molecule has 0 aromatic carbocycles. The highest BCUT2D eigenvalue weighted by Crippen LogP contribution is 2.04. The van der Waals surface area contributed by atoms with Crippen LogP contribution in [0.25, 0.3) is 0 Å². The number of hydrogen-bond donors (Lipinski definition) is 3. The highest BCUT2D eigenvalue weighted by atomic mass is 15.2. The average Bonchev–Trinajstić information content (AvgIpc) is 1.84. The second-order valence-corrected chi connectivity index (χ2v) is 2.07. The molecule has 1 aliphatic heterocycles. The molecule has 42 valence electrons. The van der Waals surface area contributed by atoms with E-state index < -0.39 is 5.79 Å². The molecule has 0 aliphatic carbocycles. The Morgan fingerprint density at radius 3 is 2.29 bits per heavy atom. The molecule has 0 aromatic heterocycles. The third-order valence-corrected chi connectivity index (χ3v) is 1.22. The van der Waals surface area contributed by atoms with Crippen LogP contribution in [0.5, 0.6) is 0 Å². The molecule has 1 aliphatic rings. The maximum atomic E-state index is 5.44. The lowest BCUT2D eigenvalue weighted by atomic mass is 10.3. The molecule has 0 aromatic rings. The lowest BCUT2D eigenvalue weighted by Crippen LogP contribution is -2.57. The Balaban J connectivity index is 2.40. The van der Waals surface area contributed by atoms with Gasteiger partial charge in [0, 0.05) is 0 Å². The van der Waals surface area contributed by atoms with E-state index in [4.69, 9.17) is 11.5 Å². The monoisotopic (exact) mass is 101 g/mol. The summed E-state index contributed by atoms with van der Waals surface area (Å²) in [6.07, 6.45) is 2.00. The van der Waals surface area contributed by atoms with Gasteiger partial charge in [0.05, 0.1) is 0 Å². The molecule has 3 heteroatoms. The first-order valence-corrected chi connectivity index (χ1v) is 2.53. The second kappa shape index (κ2) is 1.43. The SMILES string of the molecule is NC1(N)CCCN1. The van der Waals surface area contributed by atoms with Crippen LogP contribution in [0.15, 0.2) is 0 Å². The number of nitrogens with one attached hydrogen (secondary N) is 1. The predicted molar refractivity (Wildman–Crippen MR) is 28.3 cm³/mol. The van der Waals surface area contributed by atoms with Gasteiger partial charge in [-0.25, -0.2) is 0 Å². The summed E-state index contributed by atoms with van der Waals surface area (Å²) >= 11 is 0. The number of nitrogens with two attached hydrogens (primary N) is 2. The zero-order valence-electron chi connectivity index (χ0n) is 4.28. The number of rotatable bonds is 0. The summed E-state index contributed by atoms with van der Waals surface area (Å²) in [7, 11) is 0. The minimum absolute atomic E-state index is 0.556. The minimum atomic E-state index is -0.556. The number of hydrogen-bond acceptors (Lipinski definition) is 3. The predicted octanol–water partition coefficient (Wildman–Crippen LogP) is -1.06. The van der Waals surface area contributed by atoms with Crippen LogP contribution in [0.2, 0.25) is 0 Å². The molecule has 1 saturated heterocycles. The Kier molecular flexibility index (Phi) is 1.03. The van der Waals surface area contributed by atoms with Crippen molar-refractivity contribution in [2.24, 2.45) is 11.5 Å². The van der Waals surface area contributed by atoms with Gasteiger partial charge in [-0.2, -0.15) is 0 Å². The van der Waals surface area contributed by atoms with E-state index in [-0.39, 0.29) is 0 Å². The summed E-state index contributed by atoms with van der Waals surface area (Å²) in [4.78, 5) is 0. The molecule has 7 heavy (non-hydrogen) atoms. The molecular formula is C4H11N3. The van der Waals surface area contributed by atoms with Crippen molar-refractivity contribution in [3.63, 3.8) is 0 Å². The molecule has 0 bridgehead atoms. The Hall–Kier alpha value is -0.120. The molecule has 1 fully saturated rings. The summed E-state index contributed by atoms with van der Waals surface area (Å²) in [6.45, 7) is 0.965. The van der Waals surface area contributed by atoms with Crippen molar-refractivity contribution in [3.05, 3.63) is 0 Å². The largest absolute Gasteiger partial charge is 0.301 e. The van der Waals surface area contributed by atoms with Crippen LogP contribution in [-0.2, 0) is 0 Å². The third kappa shape index (κ3) is 1.12. The van der Waals surface area contributed by atoms with Crippen molar-refractivity contribution in [1.82, 2.24) is 5.32 Å². The molecule has 3 nitrogen and oxygen atoms in total. The molecule has 0 amide bonds. The van der Waals surface area contributed by atoms with Crippen LogP contribution in [0, 0.1) is 0 Å². The van der Waals surface area contributed by atoms with Gasteiger partial charge in [-0.3, -0.25) is 5.32 Å². The Labute approximate surface area is 43.1 Å². The standard InChI is InChI=1S/C4H11N3/c5-4(6)2-1-3-7-4/h7H,1-3,5-6H2. The first-order chi connectivity index (χ1) is 3.21. The molecule has 0 unspecified atom stereocenters. The Morgan fingerprint density at radius 1 is 1.43 bits per heavy atom. The normalized spacial score (nSPS) is 28.3. The van der Waals surface area contributed by atoms with Gasteiger partial charge in [0.1, 0.15) is 5.79 Å². The van der Waals surface area contributed by atoms with Gasteiger partial charge in [0.2, 0.25) is 0 Å². The molecule has 1 rings (SSSR count). The molecule has 0 radical (unpaired) electrons. The van der Waals surface area contributed by atoms with E-state index in [0.717, 1.165) is 19.4 Å². The third-order valence-electron chi connectivity index (χ3n) is 1.22. The average molecular weight is 101 g/mol. The van der Waals surface area contributed by atoms with Crippen molar-refractivity contribution in [2.75, 3.05) is 6.54 Å². The topological polar surface area (TPSA) is 64.1 Å². The lowest BCUT2D eigenvalue weighted by Gasteiger charge is -2.15. The van der Waals surface area contributed by atoms with Crippen molar-refractivity contribution in [2.45, 2.75) is 18.6 Å². The van der Waals surface area contributed by atoms with Crippen LogP contribution in [0.3, 0.4) is 0 Å². The molecule has 0 saturated carbocycles. The maximum absolute atomic E-state index is 5.44. The van der Waals surface area contributed by atoms with E-state index in [1.807, 2.05) is 0 Å². The van der Waals surface area contributed by atoms with E-state index in [2.05, 4.69) is 5.32 Å². The molecule has 1 heterocycles. The Bertz CT molecular complexity index is 61.3. The van der Waals surface area contributed by atoms with Crippen LogP contribution in [0.4, 0.5) is 0 Å². The van der Waals surface area contributed by atoms with Crippen molar-refractivity contribution >= 4 is 0 Å². The van der Waals surface area contributed by atoms with Gasteiger partial charge < -0.3 is 11.5 Å². The summed E-state index contributed by atoms with van der Waals surface area (Å²) < 4.78 is 0. The van der Waals surface area contributed by atoms with Crippen LogP contribution in [0.1, 0.15) is 12.8 Å². The smallest absolute Gasteiger partial charge is 0.118 e. The summed E-state index contributed by atoms with van der Waals surface area (Å²) in [5.74, 6) is -0.556. The van der Waals surface area contributed by atoms with Gasteiger partial charge in [0.15, 0.2) is 0 Å². The molecule has 0 spiro atoms. The summed E-state index contributed by atoms with van der Waals surface area (Å²) in [5, 5.41) is 2.95. The maximum Gasteiger partial charge on any atom is 0.118 e. The van der Waals surface area contributed by atoms with Crippen LogP contribution in [-0.4, -0.2) is 12.3 Å². The Morgan fingerprint density at radius 2 is 2.14 bits per heavy atom. The van der Waals surface area contributed by atoms with E-state index in [1.165, 1.54) is 0 Å². The van der Waals surface area contributed by atoms with Gasteiger partial charge in [-0.1, -0.05) is 0 Å². The molecular weight excluding hydrogens is 90.1 g/mol. The van der Waals surface area contributed by atoms with Crippen molar-refractivity contribution in [1.29, 1.82) is 0 Å². The quantitative estimate of drug-likeness (QED) is 0.341. The van der Waals surface area contributed by atoms with E-state index in [0.29, 0.717) is 0 Å².